The summed E-state index contributed by atoms with van der Waals surface area (Å²) in [5.74, 6) is 0.732. The monoisotopic (exact) mass is 284 g/mol. The van der Waals surface area contributed by atoms with Crippen molar-refractivity contribution in [1.82, 2.24) is 0 Å². The summed E-state index contributed by atoms with van der Waals surface area (Å²) in [6.07, 6.45) is 1.48. The summed E-state index contributed by atoms with van der Waals surface area (Å²) in [5.41, 5.74) is 2.02. The van der Waals surface area contributed by atoms with Gasteiger partial charge >= 0.3 is 0 Å². The topological polar surface area (TPSA) is 29.5 Å². The molecule has 1 rings (SSSR count). The summed E-state index contributed by atoms with van der Waals surface area (Å²) < 4.78 is 6.55. The second kappa shape index (κ2) is 6.06. The molecule has 0 aliphatic rings. The molecule has 0 saturated carbocycles. The van der Waals surface area contributed by atoms with Crippen molar-refractivity contribution in [2.75, 3.05) is 6.61 Å². The third kappa shape index (κ3) is 3.99. The molecule has 88 valence electrons. The zero-order valence-electron chi connectivity index (χ0n) is 9.83. The van der Waals surface area contributed by atoms with Crippen molar-refractivity contribution in [3.8, 4) is 5.75 Å². The lowest BCUT2D eigenvalue weighted by Crippen LogP contribution is -2.00. The molecular weight excluding hydrogens is 268 g/mol. The molecule has 0 aliphatic carbocycles. The van der Waals surface area contributed by atoms with Crippen LogP contribution in [0.25, 0.3) is 0 Å². The van der Waals surface area contributed by atoms with Gasteiger partial charge in [0.25, 0.3) is 0 Å². The van der Waals surface area contributed by atoms with Crippen molar-refractivity contribution in [2.45, 2.75) is 26.9 Å². The van der Waals surface area contributed by atoms with Crippen molar-refractivity contribution in [3.63, 3.8) is 0 Å². The lowest BCUT2D eigenvalue weighted by atomic mass is 10.1. The first kappa shape index (κ1) is 13.3. The molecular formula is C13H17BrO2. The smallest absolute Gasteiger partial charge is 0.125 e. The molecule has 0 radical (unpaired) electrons. The summed E-state index contributed by atoms with van der Waals surface area (Å²) in [4.78, 5) is 0. The van der Waals surface area contributed by atoms with Crippen LogP contribution in [0.15, 0.2) is 34.3 Å². The maximum absolute atomic E-state index is 9.62. The Morgan fingerprint density at radius 3 is 2.75 bits per heavy atom. The van der Waals surface area contributed by atoms with E-state index >= 15 is 0 Å². The molecule has 1 atom stereocenters. The SMILES string of the molecule is CC(C)=CCOc1ccc(Br)cc1C(C)O. The van der Waals surface area contributed by atoms with Gasteiger partial charge in [0.2, 0.25) is 0 Å². The van der Waals surface area contributed by atoms with Crippen molar-refractivity contribution >= 4 is 15.9 Å². The molecule has 1 aromatic rings. The van der Waals surface area contributed by atoms with E-state index in [0.717, 1.165) is 15.8 Å². The number of allylic oxidation sites excluding steroid dienone is 1. The first-order valence-corrected chi connectivity index (χ1v) is 6.03. The average molecular weight is 285 g/mol. The van der Waals surface area contributed by atoms with Crippen molar-refractivity contribution in [2.24, 2.45) is 0 Å². The Labute approximate surface area is 105 Å². The summed E-state index contributed by atoms with van der Waals surface area (Å²) in [6, 6.07) is 5.65. The van der Waals surface area contributed by atoms with Crippen LogP contribution in [0.1, 0.15) is 32.4 Å². The van der Waals surface area contributed by atoms with Crippen molar-refractivity contribution in [1.29, 1.82) is 0 Å². The van der Waals surface area contributed by atoms with Gasteiger partial charge in [-0.3, -0.25) is 0 Å². The molecule has 0 heterocycles. The molecule has 3 heteroatoms. The number of hydrogen-bond acceptors (Lipinski definition) is 2. The average Bonchev–Trinajstić information content (AvgIpc) is 2.19. The number of benzene rings is 1. The normalized spacial score (nSPS) is 12.1. The summed E-state index contributed by atoms with van der Waals surface area (Å²) in [5, 5.41) is 9.62. The molecule has 16 heavy (non-hydrogen) atoms. The van der Waals surface area contributed by atoms with Crippen LogP contribution in [-0.4, -0.2) is 11.7 Å². The summed E-state index contributed by atoms with van der Waals surface area (Å²) in [6.45, 7) is 6.32. The standard InChI is InChI=1S/C13H17BrO2/c1-9(2)6-7-16-13-5-4-11(14)8-12(13)10(3)15/h4-6,8,10,15H,7H2,1-3H3. The maximum Gasteiger partial charge on any atom is 0.125 e. The minimum absolute atomic E-state index is 0.529. The molecule has 0 amide bonds. The third-order valence-electron chi connectivity index (χ3n) is 2.15. The molecule has 0 aromatic heterocycles. The Kier molecular flexibility index (Phi) is 5.03. The number of hydrogen-bond donors (Lipinski definition) is 1. The Morgan fingerprint density at radius 2 is 2.19 bits per heavy atom. The Balaban J connectivity index is 2.82. The largest absolute Gasteiger partial charge is 0.489 e. The van der Waals surface area contributed by atoms with E-state index in [0.29, 0.717) is 6.61 Å². The van der Waals surface area contributed by atoms with Crippen molar-refractivity contribution in [3.05, 3.63) is 39.9 Å². The highest BCUT2D eigenvalue weighted by atomic mass is 79.9. The van der Waals surface area contributed by atoms with Gasteiger partial charge in [0, 0.05) is 10.0 Å². The highest BCUT2D eigenvalue weighted by Gasteiger charge is 2.09. The number of aliphatic hydroxyl groups is 1. The molecule has 0 fully saturated rings. The molecule has 0 saturated heterocycles. The molecule has 1 N–H and O–H groups in total. The van der Waals surface area contributed by atoms with Gasteiger partial charge in [-0.2, -0.15) is 0 Å². The lowest BCUT2D eigenvalue weighted by molar-refractivity contribution is 0.193. The highest BCUT2D eigenvalue weighted by molar-refractivity contribution is 9.10. The highest BCUT2D eigenvalue weighted by Crippen LogP contribution is 2.28. The number of halogens is 1. The van der Waals surface area contributed by atoms with Crippen LogP contribution < -0.4 is 4.74 Å². The van der Waals surface area contributed by atoms with Gasteiger partial charge in [0.1, 0.15) is 12.4 Å². The van der Waals surface area contributed by atoms with E-state index in [1.807, 2.05) is 38.1 Å². The van der Waals surface area contributed by atoms with Gasteiger partial charge < -0.3 is 9.84 Å². The van der Waals surface area contributed by atoms with E-state index in [9.17, 15) is 5.11 Å². The van der Waals surface area contributed by atoms with Crippen LogP contribution in [0, 0.1) is 0 Å². The minimum atomic E-state index is -0.529. The molecule has 0 bridgehead atoms. The fourth-order valence-electron chi connectivity index (χ4n) is 1.28. The van der Waals surface area contributed by atoms with Gasteiger partial charge in [0.15, 0.2) is 0 Å². The van der Waals surface area contributed by atoms with Crippen LogP contribution in [0.5, 0.6) is 5.75 Å². The van der Waals surface area contributed by atoms with Crippen molar-refractivity contribution < 1.29 is 9.84 Å². The Morgan fingerprint density at radius 1 is 1.50 bits per heavy atom. The van der Waals surface area contributed by atoms with Gasteiger partial charge in [-0.25, -0.2) is 0 Å². The van der Waals surface area contributed by atoms with E-state index < -0.39 is 6.10 Å². The quantitative estimate of drug-likeness (QED) is 0.851. The zero-order chi connectivity index (χ0) is 12.1. The summed E-state index contributed by atoms with van der Waals surface area (Å²) >= 11 is 3.38. The van der Waals surface area contributed by atoms with E-state index in [-0.39, 0.29) is 0 Å². The molecule has 0 spiro atoms. The number of aliphatic hydroxyl groups excluding tert-OH is 1. The predicted octanol–water partition coefficient (Wildman–Crippen LogP) is 3.85. The fourth-order valence-corrected chi connectivity index (χ4v) is 1.65. The van der Waals surface area contributed by atoms with E-state index in [4.69, 9.17) is 4.74 Å². The van der Waals surface area contributed by atoms with Crippen LogP contribution in [0.3, 0.4) is 0 Å². The van der Waals surface area contributed by atoms with Gasteiger partial charge in [0.05, 0.1) is 6.10 Å². The first-order valence-electron chi connectivity index (χ1n) is 5.24. The second-order valence-corrected chi connectivity index (χ2v) is 4.87. The van der Waals surface area contributed by atoms with Crippen LogP contribution in [0.2, 0.25) is 0 Å². The van der Waals surface area contributed by atoms with Crippen LogP contribution in [0.4, 0.5) is 0 Å². The number of ether oxygens (including phenoxy) is 1. The fraction of sp³-hybridized carbons (Fsp3) is 0.385. The van der Waals surface area contributed by atoms with Gasteiger partial charge in [-0.1, -0.05) is 21.5 Å². The van der Waals surface area contributed by atoms with Crippen LogP contribution >= 0.6 is 15.9 Å². The molecule has 1 unspecified atom stereocenters. The molecule has 1 aromatic carbocycles. The summed E-state index contributed by atoms with van der Waals surface area (Å²) in [7, 11) is 0. The zero-order valence-corrected chi connectivity index (χ0v) is 11.4. The second-order valence-electron chi connectivity index (χ2n) is 3.95. The van der Waals surface area contributed by atoms with E-state index in [2.05, 4.69) is 15.9 Å². The molecule has 0 aliphatic heterocycles. The van der Waals surface area contributed by atoms with Crippen LogP contribution in [-0.2, 0) is 0 Å². The Bertz CT molecular complexity index is 380. The first-order chi connectivity index (χ1) is 7.50. The van der Waals surface area contributed by atoms with Gasteiger partial charge in [-0.15, -0.1) is 0 Å². The predicted molar refractivity (Wildman–Crippen MR) is 69.7 cm³/mol. The van der Waals surface area contributed by atoms with Gasteiger partial charge in [-0.05, 0) is 45.0 Å². The minimum Gasteiger partial charge on any atom is -0.489 e. The number of rotatable bonds is 4. The lowest BCUT2D eigenvalue weighted by Gasteiger charge is -2.12. The maximum atomic E-state index is 9.62. The van der Waals surface area contributed by atoms with E-state index in [1.165, 1.54) is 5.57 Å². The molecule has 2 nitrogen and oxygen atoms in total. The third-order valence-corrected chi connectivity index (χ3v) is 2.65. The Hall–Kier alpha value is -0.800. The van der Waals surface area contributed by atoms with E-state index in [1.54, 1.807) is 6.92 Å².